The van der Waals surface area contributed by atoms with E-state index in [2.05, 4.69) is 63.7 Å². The Kier molecular flexibility index (Phi) is 2.83. The maximum atomic E-state index is 6.17. The van der Waals surface area contributed by atoms with Gasteiger partial charge in [0.15, 0.2) is 0 Å². The lowest BCUT2D eigenvalue weighted by Gasteiger charge is -2.35. The second-order valence-corrected chi connectivity index (χ2v) is 7.82. The lowest BCUT2D eigenvalue weighted by Crippen LogP contribution is -2.29. The molecule has 0 saturated carbocycles. The minimum atomic E-state index is -0.0670. The summed E-state index contributed by atoms with van der Waals surface area (Å²) in [5.74, 6) is 0.602. The highest BCUT2D eigenvalue weighted by atomic mass is 79.9. The van der Waals surface area contributed by atoms with Crippen molar-refractivity contribution in [3.8, 4) is 11.3 Å². The highest BCUT2D eigenvalue weighted by molar-refractivity contribution is 9.10. The molecular formula is C17H19BrN4. The van der Waals surface area contributed by atoms with Crippen LogP contribution in [-0.2, 0) is 11.8 Å². The topological polar surface area (TPSA) is 54.8 Å². The summed E-state index contributed by atoms with van der Waals surface area (Å²) in [4.78, 5) is 11.2. The number of nitrogens with two attached hydrogens (primary N) is 1. The van der Waals surface area contributed by atoms with Gasteiger partial charge in [-0.25, -0.2) is 9.97 Å². The van der Waals surface area contributed by atoms with E-state index < -0.39 is 0 Å². The Hall–Kier alpha value is -1.62. The van der Waals surface area contributed by atoms with Crippen LogP contribution < -0.4 is 10.6 Å². The highest BCUT2D eigenvalue weighted by Crippen LogP contribution is 2.50. The van der Waals surface area contributed by atoms with Crippen molar-refractivity contribution in [1.29, 1.82) is 0 Å². The van der Waals surface area contributed by atoms with Crippen LogP contribution in [0.5, 0.6) is 0 Å². The van der Waals surface area contributed by atoms with Crippen LogP contribution in [0.15, 0.2) is 22.9 Å². The second-order valence-electron chi connectivity index (χ2n) is 6.97. The van der Waals surface area contributed by atoms with Crippen LogP contribution in [0.25, 0.3) is 11.3 Å². The number of aromatic nitrogens is 2. The number of fused-ring (bicyclic) bond motifs is 3. The molecule has 5 heteroatoms. The first-order valence-corrected chi connectivity index (χ1v) is 8.39. The van der Waals surface area contributed by atoms with E-state index in [-0.39, 0.29) is 5.41 Å². The van der Waals surface area contributed by atoms with E-state index >= 15 is 0 Å². The van der Waals surface area contributed by atoms with E-state index in [9.17, 15) is 0 Å². The van der Waals surface area contributed by atoms with Crippen molar-refractivity contribution < 1.29 is 0 Å². The first kappa shape index (κ1) is 14.0. The van der Waals surface area contributed by atoms with Crippen LogP contribution in [0.3, 0.4) is 0 Å². The van der Waals surface area contributed by atoms with Crippen molar-refractivity contribution in [2.24, 2.45) is 0 Å². The number of hydrogen-bond acceptors (Lipinski definition) is 4. The van der Waals surface area contributed by atoms with Crippen molar-refractivity contribution >= 4 is 27.4 Å². The molecule has 2 N–H and O–H groups in total. The smallest absolute Gasteiger partial charge is 0.131 e. The highest BCUT2D eigenvalue weighted by Gasteiger charge is 2.40. The number of nitrogens with zero attached hydrogens (tertiary/aromatic N) is 3. The molecule has 1 saturated heterocycles. The van der Waals surface area contributed by atoms with Crippen molar-refractivity contribution in [3.05, 3.63) is 34.1 Å². The van der Waals surface area contributed by atoms with Gasteiger partial charge in [-0.05, 0) is 46.3 Å². The van der Waals surface area contributed by atoms with Gasteiger partial charge in [-0.15, -0.1) is 0 Å². The lowest BCUT2D eigenvalue weighted by atomic mass is 9.71. The number of benzene rings is 1. The van der Waals surface area contributed by atoms with E-state index in [1.165, 1.54) is 16.8 Å². The number of anilines is 2. The Balaban J connectivity index is 2.02. The summed E-state index contributed by atoms with van der Waals surface area (Å²) in [6, 6.07) is 4.89. The summed E-state index contributed by atoms with van der Waals surface area (Å²) in [6.07, 6.45) is 2.52. The Morgan fingerprint density at radius 3 is 2.73 bits per heavy atom. The Morgan fingerprint density at radius 2 is 2.05 bits per heavy atom. The zero-order valence-electron chi connectivity index (χ0n) is 13.0. The normalized spacial score (nSPS) is 21.3. The van der Waals surface area contributed by atoms with E-state index in [1.807, 2.05) is 0 Å². The van der Waals surface area contributed by atoms with E-state index in [4.69, 9.17) is 5.73 Å². The maximum absolute atomic E-state index is 6.17. The van der Waals surface area contributed by atoms with Gasteiger partial charge in [-0.3, -0.25) is 0 Å². The molecule has 1 fully saturated rings. The van der Waals surface area contributed by atoms with Gasteiger partial charge in [0.1, 0.15) is 12.1 Å². The number of rotatable bonds is 1. The maximum Gasteiger partial charge on any atom is 0.131 e. The van der Waals surface area contributed by atoms with Crippen LogP contribution >= 0.6 is 15.9 Å². The first-order chi connectivity index (χ1) is 10.4. The van der Waals surface area contributed by atoms with Gasteiger partial charge in [0.05, 0.1) is 11.4 Å². The molecule has 1 aromatic carbocycles. The molecule has 2 aromatic rings. The van der Waals surface area contributed by atoms with Gasteiger partial charge in [0.2, 0.25) is 0 Å². The standard InChI is InChI=1S/C17H19BrN4/c1-9-7-22(9)15-11-6-17(2,3)13-14(20-8-21-16(13)19)10(11)4-5-12(15)18/h4-5,8-9H,6-7H2,1-3H3,(H2,19,20,21)/t9-,22?/m0/s1. The summed E-state index contributed by atoms with van der Waals surface area (Å²) in [5.41, 5.74) is 12.0. The predicted molar refractivity (Wildman–Crippen MR) is 93.1 cm³/mol. The van der Waals surface area contributed by atoms with Gasteiger partial charge >= 0.3 is 0 Å². The van der Waals surface area contributed by atoms with Crippen LogP contribution in [0.4, 0.5) is 11.5 Å². The molecule has 2 heterocycles. The largest absolute Gasteiger partial charge is 0.383 e. The van der Waals surface area contributed by atoms with Gasteiger partial charge in [0.25, 0.3) is 0 Å². The summed E-state index contributed by atoms with van der Waals surface area (Å²) in [7, 11) is 0. The van der Waals surface area contributed by atoms with Crippen molar-refractivity contribution in [2.45, 2.75) is 38.6 Å². The molecule has 1 aromatic heterocycles. The van der Waals surface area contributed by atoms with E-state index in [0.29, 0.717) is 11.9 Å². The molecule has 0 spiro atoms. The molecule has 4 rings (SSSR count). The molecule has 4 nitrogen and oxygen atoms in total. The quantitative estimate of drug-likeness (QED) is 0.792. The Labute approximate surface area is 138 Å². The molecule has 0 unspecified atom stereocenters. The number of nitrogen functional groups attached to an aromatic ring is 1. The molecule has 1 atom stereocenters. The summed E-state index contributed by atoms with van der Waals surface area (Å²) in [5, 5.41) is 0. The molecule has 114 valence electrons. The zero-order chi connectivity index (χ0) is 15.6. The molecule has 1 aliphatic heterocycles. The Morgan fingerprint density at radius 1 is 1.32 bits per heavy atom. The zero-order valence-corrected chi connectivity index (χ0v) is 14.6. The molecule has 0 radical (unpaired) electrons. The average molecular weight is 359 g/mol. The lowest BCUT2D eigenvalue weighted by molar-refractivity contribution is 0.515. The van der Waals surface area contributed by atoms with Crippen LogP contribution in [0.1, 0.15) is 31.9 Å². The van der Waals surface area contributed by atoms with Crippen LogP contribution in [0.2, 0.25) is 0 Å². The van der Waals surface area contributed by atoms with E-state index in [1.54, 1.807) is 6.33 Å². The SMILES string of the molecule is C[C@H]1CN1c1c(Br)ccc2c1CC(C)(C)c1c(N)ncnc1-2. The fraction of sp³-hybridized carbons (Fsp3) is 0.412. The number of halogens is 1. The van der Waals surface area contributed by atoms with Gasteiger partial charge < -0.3 is 10.6 Å². The fourth-order valence-corrected chi connectivity index (χ4v) is 4.27. The molecule has 0 bridgehead atoms. The van der Waals surface area contributed by atoms with Crippen molar-refractivity contribution in [2.75, 3.05) is 17.2 Å². The number of hydrogen-bond donors (Lipinski definition) is 1. The fourth-order valence-electron chi connectivity index (χ4n) is 3.67. The molecule has 22 heavy (non-hydrogen) atoms. The summed E-state index contributed by atoms with van der Waals surface area (Å²) < 4.78 is 1.16. The summed E-state index contributed by atoms with van der Waals surface area (Å²) in [6.45, 7) is 7.83. The van der Waals surface area contributed by atoms with E-state index in [0.717, 1.165) is 28.7 Å². The predicted octanol–water partition coefficient (Wildman–Crippen LogP) is 3.53. The van der Waals surface area contributed by atoms with Gasteiger partial charge in [-0.2, -0.15) is 0 Å². The minimum Gasteiger partial charge on any atom is -0.383 e. The second kappa shape index (κ2) is 4.44. The Bertz CT molecular complexity index is 784. The molecule has 2 aliphatic rings. The van der Waals surface area contributed by atoms with Crippen LogP contribution in [-0.4, -0.2) is 22.6 Å². The summed E-state index contributed by atoms with van der Waals surface area (Å²) >= 11 is 3.74. The van der Waals surface area contributed by atoms with Crippen molar-refractivity contribution in [1.82, 2.24) is 9.97 Å². The van der Waals surface area contributed by atoms with Gasteiger partial charge in [-0.1, -0.05) is 19.9 Å². The third-order valence-corrected chi connectivity index (χ3v) is 5.45. The third kappa shape index (κ3) is 1.88. The van der Waals surface area contributed by atoms with Crippen molar-refractivity contribution in [3.63, 3.8) is 0 Å². The van der Waals surface area contributed by atoms with Crippen LogP contribution in [0, 0.1) is 0 Å². The average Bonchev–Trinajstić information content (AvgIpc) is 3.14. The monoisotopic (exact) mass is 358 g/mol. The minimum absolute atomic E-state index is 0.0670. The first-order valence-electron chi connectivity index (χ1n) is 7.59. The molecule has 0 amide bonds. The third-order valence-electron chi connectivity index (χ3n) is 4.81. The molecule has 1 aliphatic carbocycles. The van der Waals surface area contributed by atoms with Gasteiger partial charge in [0, 0.05) is 28.2 Å². The molecular weight excluding hydrogens is 340 g/mol.